The average molecular weight is 669 g/mol. The van der Waals surface area contributed by atoms with Crippen LogP contribution in [0.1, 0.15) is 128 Å². The zero-order valence-corrected chi connectivity index (χ0v) is 30.8. The molecule has 7 rings (SSSR count). The second-order valence-electron chi connectivity index (χ2n) is 18.3. The molecule has 5 fully saturated rings. The molecule has 1 saturated heterocycles. The number of benzene rings is 1. The molecule has 266 valence electrons. The molecular weight excluding hydrogens is 608 g/mol. The number of nitrogens with one attached hydrogen (secondary N) is 1. The van der Waals surface area contributed by atoms with Gasteiger partial charge in [-0.1, -0.05) is 58.9 Å². The first-order valence-electron chi connectivity index (χ1n) is 19.5. The molecule has 1 aromatic carbocycles. The van der Waals surface area contributed by atoms with Gasteiger partial charge in [-0.25, -0.2) is 4.79 Å². The van der Waals surface area contributed by atoms with Crippen molar-refractivity contribution in [2.45, 2.75) is 112 Å². The molecule has 0 unspecified atom stereocenters. The number of likely N-dealkylation sites (tertiary alicyclic amines) is 1. The van der Waals surface area contributed by atoms with Crippen LogP contribution in [0.2, 0.25) is 0 Å². The third-order valence-electron chi connectivity index (χ3n) is 16.3. The fourth-order valence-electron chi connectivity index (χ4n) is 13.8. The fraction of sp³-hybridized carbons (Fsp3) is 0.698. The number of amides is 2. The molecule has 0 aromatic heterocycles. The molecule has 6 heteroatoms. The number of carbonyl (C=O) groups is 3. The van der Waals surface area contributed by atoms with Gasteiger partial charge in [-0.2, -0.15) is 0 Å². The number of aromatic carboxylic acids is 1. The Bertz CT molecular complexity index is 1540. The van der Waals surface area contributed by atoms with Gasteiger partial charge in [0.15, 0.2) is 0 Å². The Morgan fingerprint density at radius 3 is 2.39 bits per heavy atom. The Labute approximate surface area is 294 Å². The van der Waals surface area contributed by atoms with Gasteiger partial charge in [0.25, 0.3) is 0 Å². The second-order valence-corrected chi connectivity index (χ2v) is 18.3. The van der Waals surface area contributed by atoms with Crippen LogP contribution in [-0.4, -0.2) is 47.4 Å². The van der Waals surface area contributed by atoms with Gasteiger partial charge in [0.2, 0.25) is 11.8 Å². The van der Waals surface area contributed by atoms with Crippen molar-refractivity contribution < 1.29 is 19.5 Å². The maximum atomic E-state index is 14.3. The third-order valence-corrected chi connectivity index (χ3v) is 16.3. The van der Waals surface area contributed by atoms with E-state index >= 15 is 0 Å². The fourth-order valence-corrected chi connectivity index (χ4v) is 13.8. The molecule has 0 bridgehead atoms. The van der Waals surface area contributed by atoms with Crippen molar-refractivity contribution in [3.63, 3.8) is 0 Å². The first-order chi connectivity index (χ1) is 23.2. The lowest BCUT2D eigenvalue weighted by atomic mass is 9.32. The Kier molecular flexibility index (Phi) is 8.54. The highest BCUT2D eigenvalue weighted by atomic mass is 16.4. The molecule has 2 N–H and O–H groups in total. The summed E-state index contributed by atoms with van der Waals surface area (Å²) >= 11 is 0. The number of fused-ring (bicyclic) bond motifs is 7. The number of carboxylic acid groups (broad SMARTS) is 1. The normalized spacial score (nSPS) is 40.8. The molecule has 6 nitrogen and oxygen atoms in total. The van der Waals surface area contributed by atoms with Crippen LogP contribution in [0.25, 0.3) is 5.57 Å². The second kappa shape index (κ2) is 12.1. The van der Waals surface area contributed by atoms with Crippen LogP contribution in [0, 0.1) is 56.7 Å². The lowest BCUT2D eigenvalue weighted by Gasteiger charge is -2.72. The van der Waals surface area contributed by atoms with Crippen molar-refractivity contribution in [3.8, 4) is 0 Å². The van der Waals surface area contributed by atoms with Crippen LogP contribution in [-0.2, 0) is 9.59 Å². The van der Waals surface area contributed by atoms with Crippen LogP contribution >= 0.6 is 0 Å². The summed E-state index contributed by atoms with van der Waals surface area (Å²) in [7, 11) is 0. The van der Waals surface area contributed by atoms with E-state index in [4.69, 9.17) is 0 Å². The number of hydrogen-bond donors (Lipinski definition) is 2. The number of nitrogens with zero attached hydrogens (tertiary/aromatic N) is 1. The lowest BCUT2D eigenvalue weighted by Crippen LogP contribution is -2.66. The lowest BCUT2D eigenvalue weighted by molar-refractivity contribution is -0.224. The summed E-state index contributed by atoms with van der Waals surface area (Å²) in [6, 6.07) is 7.52. The summed E-state index contributed by atoms with van der Waals surface area (Å²) in [6.45, 7) is 19.3. The predicted molar refractivity (Wildman–Crippen MR) is 195 cm³/mol. The van der Waals surface area contributed by atoms with Gasteiger partial charge in [-0.05, 0) is 145 Å². The van der Waals surface area contributed by atoms with Crippen LogP contribution in [0.15, 0.2) is 43.0 Å². The van der Waals surface area contributed by atoms with Gasteiger partial charge in [0, 0.05) is 26.1 Å². The minimum Gasteiger partial charge on any atom is -0.478 e. The van der Waals surface area contributed by atoms with Crippen LogP contribution in [0.4, 0.5) is 0 Å². The van der Waals surface area contributed by atoms with Gasteiger partial charge < -0.3 is 15.3 Å². The Hall–Kier alpha value is -2.89. The Morgan fingerprint density at radius 2 is 1.71 bits per heavy atom. The van der Waals surface area contributed by atoms with Gasteiger partial charge in [-0.15, -0.1) is 6.58 Å². The van der Waals surface area contributed by atoms with E-state index in [1.807, 2.05) is 17.0 Å². The van der Waals surface area contributed by atoms with Crippen molar-refractivity contribution in [1.29, 1.82) is 0 Å². The smallest absolute Gasteiger partial charge is 0.335 e. The van der Waals surface area contributed by atoms with Crippen LogP contribution in [0.5, 0.6) is 0 Å². The summed E-state index contributed by atoms with van der Waals surface area (Å²) < 4.78 is 0. The van der Waals surface area contributed by atoms with Crippen molar-refractivity contribution in [3.05, 3.63) is 54.1 Å². The minimum atomic E-state index is -0.879. The molecule has 5 aliphatic carbocycles. The van der Waals surface area contributed by atoms with E-state index in [0.717, 1.165) is 63.6 Å². The maximum absolute atomic E-state index is 14.3. The SMILES string of the molecule is C=C[C@@H]1CC[C@]2(C(=O)NCCCN3CCCC3=O)CC[C@]3(C)[C@H](CC[C@@H]4[C@@]5(C)CC=C(c6ccc(C(=O)O)cc6)C(C)(C)[C@@H]5CC[C@]43C)[C@@H]12. The number of hydrogen-bond acceptors (Lipinski definition) is 3. The van der Waals surface area contributed by atoms with Crippen molar-refractivity contribution in [2.75, 3.05) is 19.6 Å². The number of carbonyl (C=O) groups excluding carboxylic acids is 2. The molecule has 2 amide bonds. The predicted octanol–water partition coefficient (Wildman–Crippen LogP) is 8.77. The zero-order valence-electron chi connectivity index (χ0n) is 30.8. The summed E-state index contributed by atoms with van der Waals surface area (Å²) in [6.07, 6.45) is 17.1. The third kappa shape index (κ3) is 5.03. The molecule has 0 spiro atoms. The molecule has 9 atom stereocenters. The monoisotopic (exact) mass is 668 g/mol. The van der Waals surface area contributed by atoms with E-state index < -0.39 is 5.97 Å². The van der Waals surface area contributed by atoms with Gasteiger partial charge in [-0.3, -0.25) is 9.59 Å². The quantitative estimate of drug-likeness (QED) is 0.214. The van der Waals surface area contributed by atoms with E-state index in [1.54, 1.807) is 12.1 Å². The zero-order chi connectivity index (χ0) is 35.0. The Morgan fingerprint density at radius 1 is 0.959 bits per heavy atom. The topological polar surface area (TPSA) is 86.7 Å². The van der Waals surface area contributed by atoms with Gasteiger partial charge in [0.1, 0.15) is 0 Å². The van der Waals surface area contributed by atoms with E-state index in [-0.39, 0.29) is 38.9 Å². The summed E-state index contributed by atoms with van der Waals surface area (Å²) in [5, 5.41) is 12.9. The summed E-state index contributed by atoms with van der Waals surface area (Å²) in [4.78, 5) is 39.9. The van der Waals surface area contributed by atoms with Crippen molar-refractivity contribution >= 4 is 23.4 Å². The largest absolute Gasteiger partial charge is 0.478 e. The Balaban J connectivity index is 1.13. The first kappa shape index (κ1) is 34.6. The highest BCUT2D eigenvalue weighted by Gasteiger charge is 2.71. The van der Waals surface area contributed by atoms with Crippen LogP contribution in [0.3, 0.4) is 0 Å². The maximum Gasteiger partial charge on any atom is 0.335 e. The summed E-state index contributed by atoms with van der Waals surface area (Å²) in [5.41, 5.74) is 3.10. The summed E-state index contributed by atoms with van der Waals surface area (Å²) in [5.74, 6) is 2.05. The average Bonchev–Trinajstić information content (AvgIpc) is 3.66. The van der Waals surface area contributed by atoms with Crippen molar-refractivity contribution in [2.24, 2.45) is 56.7 Å². The van der Waals surface area contributed by atoms with E-state index in [2.05, 4.69) is 58.7 Å². The standard InChI is InChI=1S/C43H60N2O4/c1-7-28-17-22-43(38(49)44-25-9-27-45-26-8-10-35(45)46)24-23-41(5)32(36(28)43)15-16-34-40(4)20-18-31(29-11-13-30(14-12-29)37(47)48)39(2,3)33(40)19-21-42(34,41)6/h7,11-14,18,28,32-34,36H,1,8-10,15-17,19-27H2,2-6H3,(H,44,49)(H,47,48)/t28-,32-,33+,34-,36-,40+,41-,42-,43+/m1/s1. The van der Waals surface area contributed by atoms with Gasteiger partial charge in [0.05, 0.1) is 11.0 Å². The number of rotatable bonds is 8. The molecule has 1 heterocycles. The number of carboxylic acids is 1. The number of allylic oxidation sites excluding steroid dienone is 3. The van der Waals surface area contributed by atoms with E-state index in [1.165, 1.54) is 31.3 Å². The molecule has 1 aromatic rings. The minimum absolute atomic E-state index is 0.0158. The van der Waals surface area contributed by atoms with Crippen LogP contribution < -0.4 is 5.32 Å². The highest BCUT2D eigenvalue weighted by molar-refractivity contribution is 5.88. The molecule has 49 heavy (non-hydrogen) atoms. The van der Waals surface area contributed by atoms with Gasteiger partial charge >= 0.3 is 5.97 Å². The molecule has 4 saturated carbocycles. The molecule has 6 aliphatic rings. The van der Waals surface area contributed by atoms with E-state index in [9.17, 15) is 19.5 Å². The molecule has 0 radical (unpaired) electrons. The highest BCUT2D eigenvalue weighted by Crippen LogP contribution is 2.77. The van der Waals surface area contributed by atoms with Crippen molar-refractivity contribution in [1.82, 2.24) is 10.2 Å². The molecular formula is C43H60N2O4. The molecule has 1 aliphatic heterocycles. The van der Waals surface area contributed by atoms with E-state index in [0.29, 0.717) is 48.1 Å². The first-order valence-corrected chi connectivity index (χ1v) is 19.5.